The molecule has 1 aliphatic carbocycles. The van der Waals surface area contributed by atoms with Gasteiger partial charge in [0.1, 0.15) is 4.88 Å². The van der Waals surface area contributed by atoms with Gasteiger partial charge < -0.3 is 14.4 Å². The van der Waals surface area contributed by atoms with Gasteiger partial charge in [-0.2, -0.15) is 13.2 Å². The fraction of sp³-hybridized carbons (Fsp3) is 0.647. The molecule has 0 bridgehead atoms. The summed E-state index contributed by atoms with van der Waals surface area (Å²) in [5.41, 5.74) is 0.427. The van der Waals surface area contributed by atoms with Crippen molar-refractivity contribution >= 4 is 51.5 Å². The number of thiophene rings is 1. The van der Waals surface area contributed by atoms with Crippen LogP contribution in [-0.2, 0) is 14.3 Å². The molecule has 0 aromatic carbocycles. The Morgan fingerprint density at radius 2 is 1.89 bits per heavy atom. The van der Waals surface area contributed by atoms with E-state index in [2.05, 4.69) is 22.6 Å². The second kappa shape index (κ2) is 9.55. The molecule has 1 amide bonds. The van der Waals surface area contributed by atoms with Gasteiger partial charge in [-0.05, 0) is 54.3 Å². The lowest BCUT2D eigenvalue weighted by Crippen LogP contribution is -2.41. The van der Waals surface area contributed by atoms with Gasteiger partial charge in [-0.3, -0.25) is 4.79 Å². The van der Waals surface area contributed by atoms with Crippen LogP contribution in [0.4, 0.5) is 18.9 Å². The second-order valence-electron chi connectivity index (χ2n) is 6.33. The fourth-order valence-electron chi connectivity index (χ4n) is 3.21. The van der Waals surface area contributed by atoms with E-state index in [9.17, 15) is 22.8 Å². The molecule has 152 valence electrons. The smallest absolute Gasteiger partial charge is 0.391 e. The van der Waals surface area contributed by atoms with Crippen molar-refractivity contribution in [2.24, 2.45) is 11.8 Å². The molecule has 1 aliphatic rings. The van der Waals surface area contributed by atoms with Gasteiger partial charge in [0, 0.05) is 19.6 Å². The van der Waals surface area contributed by atoms with Gasteiger partial charge >= 0.3 is 12.1 Å². The Kier molecular flexibility index (Phi) is 7.93. The second-order valence-corrected chi connectivity index (χ2v) is 9.28. The third-order valence-electron chi connectivity index (χ3n) is 4.67. The number of nitrogens with zero attached hydrogens (tertiary/aromatic N) is 1. The molecule has 2 rings (SSSR count). The molecule has 5 nitrogen and oxygen atoms in total. The van der Waals surface area contributed by atoms with Crippen LogP contribution in [0.25, 0.3) is 0 Å². The largest absolute Gasteiger partial charge is 0.465 e. The van der Waals surface area contributed by atoms with Crippen molar-refractivity contribution in [3.05, 3.63) is 13.8 Å². The monoisotopic (exact) mass is 519 g/mol. The van der Waals surface area contributed by atoms with Gasteiger partial charge in [-0.15, -0.1) is 11.3 Å². The van der Waals surface area contributed by atoms with E-state index in [0.29, 0.717) is 10.6 Å². The van der Waals surface area contributed by atoms with Gasteiger partial charge in [0.05, 0.1) is 28.2 Å². The number of anilines is 1. The zero-order valence-corrected chi connectivity index (χ0v) is 17.9. The van der Waals surface area contributed by atoms with E-state index in [-0.39, 0.29) is 44.7 Å². The fourth-order valence-corrected chi connectivity index (χ4v) is 4.97. The highest BCUT2D eigenvalue weighted by molar-refractivity contribution is 14.1. The van der Waals surface area contributed by atoms with Crippen molar-refractivity contribution in [1.29, 1.82) is 0 Å². The molecule has 1 saturated carbocycles. The van der Waals surface area contributed by atoms with Crippen molar-refractivity contribution in [2.75, 3.05) is 32.3 Å². The number of hydrogen-bond donors (Lipinski definition) is 0. The number of halogens is 4. The van der Waals surface area contributed by atoms with Gasteiger partial charge in [0.15, 0.2) is 0 Å². The van der Waals surface area contributed by atoms with Crippen LogP contribution in [-0.4, -0.2) is 45.4 Å². The topological polar surface area (TPSA) is 55.8 Å². The van der Waals surface area contributed by atoms with Crippen LogP contribution in [0.5, 0.6) is 0 Å². The van der Waals surface area contributed by atoms with Crippen LogP contribution in [0.15, 0.2) is 6.07 Å². The van der Waals surface area contributed by atoms with E-state index < -0.39 is 24.0 Å². The average Bonchev–Trinajstić information content (AvgIpc) is 3.02. The Bertz CT molecular complexity index is 672. The summed E-state index contributed by atoms with van der Waals surface area (Å²) in [5.74, 6) is -2.66. The number of amides is 1. The Hall–Kier alpha value is -0.880. The maximum atomic E-state index is 13.1. The first-order valence-electron chi connectivity index (χ1n) is 8.43. The number of carbonyl (C=O) groups excluding carboxylic acids is 2. The van der Waals surface area contributed by atoms with Crippen LogP contribution in [0, 0.1) is 14.7 Å². The van der Waals surface area contributed by atoms with Crippen LogP contribution >= 0.6 is 33.9 Å². The predicted molar refractivity (Wildman–Crippen MR) is 104 cm³/mol. The van der Waals surface area contributed by atoms with Crippen molar-refractivity contribution in [1.82, 2.24) is 0 Å². The molecule has 1 heterocycles. The molecule has 0 spiro atoms. The van der Waals surface area contributed by atoms with E-state index in [4.69, 9.17) is 9.47 Å². The Morgan fingerprint density at radius 3 is 2.41 bits per heavy atom. The van der Waals surface area contributed by atoms with Crippen LogP contribution in [0.3, 0.4) is 0 Å². The zero-order chi connectivity index (χ0) is 20.2. The molecule has 0 radical (unpaired) electrons. The molecule has 1 fully saturated rings. The van der Waals surface area contributed by atoms with Gasteiger partial charge in [0.2, 0.25) is 5.91 Å². The standard InChI is InChI=1S/C17H21F3INO4S/c1-25-8-7-22(12-9-13(21)27-14(12)16(24)26-2)15(23)10-3-5-11(6-4-10)17(18,19)20/h9-11H,3-8H2,1-2H3/t10-,11-. The van der Waals surface area contributed by atoms with Crippen molar-refractivity contribution < 1.29 is 32.2 Å². The van der Waals surface area contributed by atoms with Gasteiger partial charge in [-0.1, -0.05) is 0 Å². The number of ether oxygens (including phenoxy) is 2. The number of rotatable bonds is 6. The summed E-state index contributed by atoms with van der Waals surface area (Å²) in [4.78, 5) is 26.9. The number of esters is 1. The number of carbonyl (C=O) groups is 2. The van der Waals surface area contributed by atoms with Gasteiger partial charge in [-0.25, -0.2) is 4.79 Å². The highest BCUT2D eigenvalue weighted by Gasteiger charge is 2.43. The Labute approximate surface area is 173 Å². The normalized spacial score (nSPS) is 20.4. The zero-order valence-electron chi connectivity index (χ0n) is 15.0. The minimum absolute atomic E-state index is 0.0525. The molecule has 1 aromatic rings. The lowest BCUT2D eigenvalue weighted by atomic mass is 9.81. The first-order valence-corrected chi connectivity index (χ1v) is 10.3. The van der Waals surface area contributed by atoms with Crippen LogP contribution in [0.2, 0.25) is 0 Å². The van der Waals surface area contributed by atoms with Crippen LogP contribution in [0.1, 0.15) is 35.4 Å². The van der Waals surface area contributed by atoms with Crippen molar-refractivity contribution in [3.63, 3.8) is 0 Å². The highest BCUT2D eigenvalue weighted by atomic mass is 127. The molecule has 0 atom stereocenters. The minimum Gasteiger partial charge on any atom is -0.465 e. The molecule has 0 saturated heterocycles. The molecule has 0 unspecified atom stereocenters. The van der Waals surface area contributed by atoms with Crippen molar-refractivity contribution in [2.45, 2.75) is 31.9 Å². The maximum absolute atomic E-state index is 13.1. The molecule has 27 heavy (non-hydrogen) atoms. The molecule has 1 aromatic heterocycles. The summed E-state index contributed by atoms with van der Waals surface area (Å²) in [7, 11) is 2.76. The van der Waals surface area contributed by atoms with E-state index in [1.54, 1.807) is 6.07 Å². The van der Waals surface area contributed by atoms with Crippen molar-refractivity contribution in [3.8, 4) is 0 Å². The SMILES string of the molecule is COCCN(c1cc(I)sc1C(=O)OC)C(=O)[C@H]1CC[C@H](C(F)(F)F)CC1. The summed E-state index contributed by atoms with van der Waals surface area (Å²) >= 11 is 3.26. The summed E-state index contributed by atoms with van der Waals surface area (Å²) in [5, 5.41) is 0. The van der Waals surface area contributed by atoms with E-state index in [1.807, 2.05) is 0 Å². The Balaban J connectivity index is 2.22. The molecular formula is C17H21F3INO4S. The number of alkyl halides is 3. The maximum Gasteiger partial charge on any atom is 0.391 e. The Morgan fingerprint density at radius 1 is 1.26 bits per heavy atom. The van der Waals surface area contributed by atoms with Crippen LogP contribution < -0.4 is 4.90 Å². The first kappa shape index (κ1) is 22.4. The predicted octanol–water partition coefficient (Wildman–Crippen LogP) is 4.49. The molecular weight excluding hydrogens is 498 g/mol. The summed E-state index contributed by atoms with van der Waals surface area (Å²) in [6.07, 6.45) is -3.96. The lowest BCUT2D eigenvalue weighted by molar-refractivity contribution is -0.184. The van der Waals surface area contributed by atoms with E-state index in [1.165, 1.54) is 30.5 Å². The van der Waals surface area contributed by atoms with E-state index in [0.717, 1.165) is 2.88 Å². The number of hydrogen-bond acceptors (Lipinski definition) is 5. The number of methoxy groups -OCH3 is 2. The molecule has 10 heteroatoms. The third-order valence-corrected chi connectivity index (χ3v) is 6.53. The quantitative estimate of drug-likeness (QED) is 0.411. The summed E-state index contributed by atoms with van der Waals surface area (Å²) < 4.78 is 49.3. The lowest BCUT2D eigenvalue weighted by Gasteiger charge is -2.32. The average molecular weight is 519 g/mol. The third kappa shape index (κ3) is 5.57. The van der Waals surface area contributed by atoms with Gasteiger partial charge in [0.25, 0.3) is 0 Å². The van der Waals surface area contributed by atoms with E-state index >= 15 is 0 Å². The molecule has 0 aliphatic heterocycles. The summed E-state index contributed by atoms with van der Waals surface area (Å²) in [6, 6.07) is 1.71. The molecule has 0 N–H and O–H groups in total. The summed E-state index contributed by atoms with van der Waals surface area (Å²) in [6.45, 7) is 0.460. The highest BCUT2D eigenvalue weighted by Crippen LogP contribution is 2.41. The first-order chi connectivity index (χ1) is 12.7. The minimum atomic E-state index is -4.22.